The molecule has 30 heavy (non-hydrogen) atoms. The minimum absolute atomic E-state index is 0.171. The van der Waals surface area contributed by atoms with Gasteiger partial charge in [-0.3, -0.25) is 14.5 Å². The third-order valence-electron chi connectivity index (χ3n) is 6.19. The highest BCUT2D eigenvalue weighted by atomic mass is 16.2. The molecule has 4 rings (SSSR count). The molecule has 0 aliphatic carbocycles. The summed E-state index contributed by atoms with van der Waals surface area (Å²) in [6.07, 6.45) is 4.49. The molecule has 0 saturated carbocycles. The normalized spacial score (nSPS) is 16.9. The third kappa shape index (κ3) is 5.08. The summed E-state index contributed by atoms with van der Waals surface area (Å²) in [6, 6.07) is 18.6. The van der Waals surface area contributed by atoms with Crippen LogP contribution in [0.1, 0.15) is 30.4 Å². The number of aryl methyl sites for hydroxylation is 2. The van der Waals surface area contributed by atoms with Crippen LogP contribution in [-0.2, 0) is 22.4 Å². The lowest BCUT2D eigenvalue weighted by Gasteiger charge is -2.36. The van der Waals surface area contributed by atoms with Gasteiger partial charge in [0, 0.05) is 44.8 Å². The van der Waals surface area contributed by atoms with Crippen LogP contribution in [0.15, 0.2) is 54.6 Å². The molecule has 2 amide bonds. The highest BCUT2D eigenvalue weighted by Gasteiger charge is 2.26. The summed E-state index contributed by atoms with van der Waals surface area (Å²) in [5, 5.41) is 0. The van der Waals surface area contributed by atoms with Crippen molar-refractivity contribution in [2.45, 2.75) is 32.1 Å². The van der Waals surface area contributed by atoms with E-state index in [2.05, 4.69) is 29.2 Å². The Balaban J connectivity index is 1.21. The van der Waals surface area contributed by atoms with Gasteiger partial charge in [0.15, 0.2) is 0 Å². The summed E-state index contributed by atoms with van der Waals surface area (Å²) in [7, 11) is 0. The SMILES string of the molecule is O=C(CCCc1ccccc1)N1CCN(CC(=O)N2CCCc3ccccc32)CC1. The number of rotatable bonds is 6. The third-order valence-corrected chi connectivity index (χ3v) is 6.19. The number of fused-ring (bicyclic) bond motifs is 1. The number of carbonyl (C=O) groups excluding carboxylic acids is 2. The van der Waals surface area contributed by atoms with Crippen LogP contribution >= 0.6 is 0 Å². The molecule has 0 unspecified atom stereocenters. The number of hydrogen-bond acceptors (Lipinski definition) is 3. The fraction of sp³-hybridized carbons (Fsp3) is 0.440. The maximum Gasteiger partial charge on any atom is 0.241 e. The Hall–Kier alpha value is -2.66. The van der Waals surface area contributed by atoms with Gasteiger partial charge in [-0.1, -0.05) is 48.5 Å². The molecule has 2 aromatic rings. The van der Waals surface area contributed by atoms with Crippen LogP contribution in [0.3, 0.4) is 0 Å². The van der Waals surface area contributed by atoms with E-state index in [9.17, 15) is 9.59 Å². The zero-order chi connectivity index (χ0) is 20.8. The number of para-hydroxylation sites is 1. The van der Waals surface area contributed by atoms with Gasteiger partial charge in [0.2, 0.25) is 11.8 Å². The molecule has 2 aliphatic rings. The number of benzene rings is 2. The van der Waals surface area contributed by atoms with Crippen LogP contribution < -0.4 is 4.90 Å². The Kier molecular flexibility index (Phi) is 6.80. The fourth-order valence-electron chi connectivity index (χ4n) is 4.47. The zero-order valence-corrected chi connectivity index (χ0v) is 17.6. The summed E-state index contributed by atoms with van der Waals surface area (Å²) in [5.74, 6) is 0.409. The lowest BCUT2D eigenvalue weighted by molar-refractivity contribution is -0.133. The largest absolute Gasteiger partial charge is 0.340 e. The lowest BCUT2D eigenvalue weighted by Crippen LogP contribution is -2.52. The average Bonchev–Trinajstić information content (AvgIpc) is 2.80. The molecular formula is C25H31N3O2. The van der Waals surface area contributed by atoms with Gasteiger partial charge in [0.25, 0.3) is 0 Å². The van der Waals surface area contributed by atoms with Gasteiger partial charge >= 0.3 is 0 Å². The lowest BCUT2D eigenvalue weighted by atomic mass is 10.0. The van der Waals surface area contributed by atoms with Crippen molar-refractivity contribution < 1.29 is 9.59 Å². The molecule has 158 valence electrons. The molecule has 2 aromatic carbocycles. The Bertz CT molecular complexity index is 860. The molecule has 2 heterocycles. The maximum atomic E-state index is 12.9. The van der Waals surface area contributed by atoms with Crippen molar-refractivity contribution in [2.75, 3.05) is 44.2 Å². The molecule has 5 nitrogen and oxygen atoms in total. The van der Waals surface area contributed by atoms with Gasteiger partial charge < -0.3 is 9.80 Å². The fourth-order valence-corrected chi connectivity index (χ4v) is 4.47. The molecule has 0 radical (unpaired) electrons. The number of carbonyl (C=O) groups is 2. The topological polar surface area (TPSA) is 43.9 Å². The Morgan fingerprint density at radius 1 is 0.800 bits per heavy atom. The molecule has 0 spiro atoms. The van der Waals surface area contributed by atoms with E-state index in [0.29, 0.717) is 26.1 Å². The molecule has 2 aliphatic heterocycles. The zero-order valence-electron chi connectivity index (χ0n) is 17.6. The predicted octanol–water partition coefficient (Wildman–Crippen LogP) is 3.13. The highest BCUT2D eigenvalue weighted by molar-refractivity contribution is 5.96. The first-order chi connectivity index (χ1) is 14.7. The number of hydrogen-bond donors (Lipinski definition) is 0. The molecular weight excluding hydrogens is 374 g/mol. The molecule has 0 bridgehead atoms. The van der Waals surface area contributed by atoms with Gasteiger partial charge in [0.1, 0.15) is 0 Å². The summed E-state index contributed by atoms with van der Waals surface area (Å²) in [6.45, 7) is 4.21. The average molecular weight is 406 g/mol. The Labute approximate surface area is 179 Å². The van der Waals surface area contributed by atoms with E-state index in [0.717, 1.165) is 51.0 Å². The smallest absolute Gasteiger partial charge is 0.241 e. The van der Waals surface area contributed by atoms with E-state index in [-0.39, 0.29) is 11.8 Å². The van der Waals surface area contributed by atoms with Crippen LogP contribution in [-0.4, -0.2) is 60.9 Å². The second-order valence-electron chi connectivity index (χ2n) is 8.27. The second-order valence-corrected chi connectivity index (χ2v) is 8.27. The van der Waals surface area contributed by atoms with Crippen molar-refractivity contribution >= 4 is 17.5 Å². The maximum absolute atomic E-state index is 12.9. The molecule has 0 atom stereocenters. The summed E-state index contributed by atoms with van der Waals surface area (Å²) >= 11 is 0. The van der Waals surface area contributed by atoms with Crippen LogP contribution in [0.2, 0.25) is 0 Å². The molecule has 1 saturated heterocycles. The Morgan fingerprint density at radius 2 is 1.53 bits per heavy atom. The van der Waals surface area contributed by atoms with Crippen LogP contribution in [0, 0.1) is 0 Å². The van der Waals surface area contributed by atoms with Gasteiger partial charge in [-0.2, -0.15) is 0 Å². The van der Waals surface area contributed by atoms with Gasteiger partial charge in [-0.25, -0.2) is 0 Å². The van der Waals surface area contributed by atoms with Crippen molar-refractivity contribution in [1.82, 2.24) is 9.80 Å². The van der Waals surface area contributed by atoms with E-state index < -0.39 is 0 Å². The van der Waals surface area contributed by atoms with Crippen LogP contribution in [0.4, 0.5) is 5.69 Å². The number of piperazine rings is 1. The molecule has 0 N–H and O–H groups in total. The quantitative estimate of drug-likeness (QED) is 0.742. The molecule has 5 heteroatoms. The standard InChI is InChI=1S/C25H31N3O2/c29-24(14-6-10-21-8-2-1-3-9-21)27-18-16-26(17-19-27)20-25(30)28-15-7-12-22-11-4-5-13-23(22)28/h1-5,8-9,11,13H,6-7,10,12,14-20H2. The predicted molar refractivity (Wildman–Crippen MR) is 120 cm³/mol. The molecule has 0 aromatic heterocycles. The van der Waals surface area contributed by atoms with Crippen molar-refractivity contribution in [3.63, 3.8) is 0 Å². The summed E-state index contributed by atoms with van der Waals surface area (Å²) < 4.78 is 0. The summed E-state index contributed by atoms with van der Waals surface area (Å²) in [5.41, 5.74) is 3.62. The second kappa shape index (κ2) is 9.90. The highest BCUT2D eigenvalue weighted by Crippen LogP contribution is 2.26. The first-order valence-electron chi connectivity index (χ1n) is 11.1. The number of anilines is 1. The Morgan fingerprint density at radius 3 is 2.33 bits per heavy atom. The van der Waals surface area contributed by atoms with E-state index in [1.165, 1.54) is 11.1 Å². The van der Waals surface area contributed by atoms with Crippen molar-refractivity contribution in [1.29, 1.82) is 0 Å². The minimum atomic E-state index is 0.171. The first-order valence-corrected chi connectivity index (χ1v) is 11.1. The first kappa shape index (κ1) is 20.6. The van der Waals surface area contributed by atoms with Gasteiger partial charge in [-0.15, -0.1) is 0 Å². The van der Waals surface area contributed by atoms with Crippen molar-refractivity contribution in [3.05, 3.63) is 65.7 Å². The number of amides is 2. The van der Waals surface area contributed by atoms with Crippen LogP contribution in [0.25, 0.3) is 0 Å². The monoisotopic (exact) mass is 405 g/mol. The van der Waals surface area contributed by atoms with Crippen molar-refractivity contribution in [2.24, 2.45) is 0 Å². The van der Waals surface area contributed by atoms with Crippen LogP contribution in [0.5, 0.6) is 0 Å². The van der Waals surface area contributed by atoms with E-state index in [1.54, 1.807) is 0 Å². The van der Waals surface area contributed by atoms with E-state index in [4.69, 9.17) is 0 Å². The number of nitrogens with zero attached hydrogens (tertiary/aromatic N) is 3. The molecule has 1 fully saturated rings. The van der Waals surface area contributed by atoms with E-state index >= 15 is 0 Å². The van der Waals surface area contributed by atoms with E-state index in [1.807, 2.05) is 40.1 Å². The van der Waals surface area contributed by atoms with Crippen molar-refractivity contribution in [3.8, 4) is 0 Å². The minimum Gasteiger partial charge on any atom is -0.340 e. The van der Waals surface area contributed by atoms with Gasteiger partial charge in [0.05, 0.1) is 6.54 Å². The summed E-state index contributed by atoms with van der Waals surface area (Å²) in [4.78, 5) is 31.6. The van der Waals surface area contributed by atoms with Gasteiger partial charge in [-0.05, 0) is 42.9 Å².